The van der Waals surface area contributed by atoms with Gasteiger partial charge in [-0.3, -0.25) is 4.72 Å². The molecule has 0 saturated carbocycles. The molecule has 0 atom stereocenters. The van der Waals surface area contributed by atoms with E-state index in [9.17, 15) is 8.42 Å². The zero-order valence-electron chi connectivity index (χ0n) is 9.17. The Morgan fingerprint density at radius 1 is 1.35 bits per heavy atom. The van der Waals surface area contributed by atoms with Crippen molar-refractivity contribution in [3.8, 4) is 0 Å². The van der Waals surface area contributed by atoms with Gasteiger partial charge in [-0.25, -0.2) is 4.98 Å². The van der Waals surface area contributed by atoms with E-state index in [0.717, 1.165) is 0 Å². The lowest BCUT2D eigenvalue weighted by Crippen LogP contribution is -2.43. The van der Waals surface area contributed by atoms with Gasteiger partial charge in [0.25, 0.3) is 0 Å². The van der Waals surface area contributed by atoms with E-state index in [1.165, 1.54) is 16.6 Å². The number of rotatable bonds is 3. The van der Waals surface area contributed by atoms with Crippen LogP contribution in [0.4, 0.5) is 11.5 Å². The van der Waals surface area contributed by atoms with Gasteiger partial charge in [0.15, 0.2) is 0 Å². The zero-order chi connectivity index (χ0) is 12.3. The van der Waals surface area contributed by atoms with Gasteiger partial charge in [-0.1, -0.05) is 0 Å². The highest BCUT2D eigenvalue weighted by Crippen LogP contribution is 2.11. The van der Waals surface area contributed by atoms with Crippen molar-refractivity contribution >= 4 is 21.7 Å². The maximum Gasteiger partial charge on any atom is 0.302 e. The Kier molecular flexibility index (Phi) is 3.46. The number of nitrogens with zero attached hydrogens (tertiary/aromatic N) is 2. The summed E-state index contributed by atoms with van der Waals surface area (Å²) in [5.41, 5.74) is 5.95. The van der Waals surface area contributed by atoms with E-state index >= 15 is 0 Å². The fraction of sp³-hybridized carbons (Fsp3) is 0.444. The van der Waals surface area contributed by atoms with Gasteiger partial charge in [0.1, 0.15) is 5.82 Å². The van der Waals surface area contributed by atoms with Gasteiger partial charge < -0.3 is 10.5 Å². The number of anilines is 2. The molecule has 0 amide bonds. The number of aromatic nitrogens is 1. The molecule has 8 heteroatoms. The Bertz CT molecular complexity index is 468. The average molecular weight is 258 g/mol. The van der Waals surface area contributed by atoms with E-state index in [4.69, 9.17) is 10.5 Å². The molecule has 0 aliphatic carbocycles. The van der Waals surface area contributed by atoms with Crippen LogP contribution in [0.3, 0.4) is 0 Å². The van der Waals surface area contributed by atoms with Crippen LogP contribution in [0.15, 0.2) is 18.3 Å². The van der Waals surface area contributed by atoms with Gasteiger partial charge in [0, 0.05) is 13.1 Å². The second kappa shape index (κ2) is 4.86. The molecule has 3 N–H and O–H groups in total. The van der Waals surface area contributed by atoms with Crippen molar-refractivity contribution < 1.29 is 13.2 Å². The second-order valence-electron chi connectivity index (χ2n) is 3.60. The highest BCUT2D eigenvalue weighted by Gasteiger charge is 2.24. The van der Waals surface area contributed by atoms with Crippen molar-refractivity contribution in [2.75, 3.05) is 36.8 Å². The number of nitrogens with one attached hydrogen (secondary N) is 1. The van der Waals surface area contributed by atoms with Crippen LogP contribution in [-0.2, 0) is 14.9 Å². The highest BCUT2D eigenvalue weighted by molar-refractivity contribution is 7.90. The van der Waals surface area contributed by atoms with Crippen molar-refractivity contribution in [3.05, 3.63) is 18.3 Å². The number of nitrogen functional groups attached to an aromatic ring is 1. The summed E-state index contributed by atoms with van der Waals surface area (Å²) in [7, 11) is -3.55. The quantitative estimate of drug-likeness (QED) is 0.772. The SMILES string of the molecule is Nc1ccc(NS(=O)(=O)N2CCOCC2)nc1. The molecule has 1 saturated heterocycles. The summed E-state index contributed by atoms with van der Waals surface area (Å²) in [5, 5.41) is 0. The molecule has 1 aliphatic heterocycles. The topological polar surface area (TPSA) is 97.5 Å². The lowest BCUT2D eigenvalue weighted by molar-refractivity contribution is 0.0733. The molecule has 0 unspecified atom stereocenters. The standard InChI is InChI=1S/C9H14N4O3S/c10-8-1-2-9(11-7-8)12-17(14,15)13-3-5-16-6-4-13/h1-2,7H,3-6,10H2,(H,11,12). The van der Waals surface area contributed by atoms with Gasteiger partial charge in [-0.2, -0.15) is 12.7 Å². The predicted molar refractivity (Wildman–Crippen MR) is 63.6 cm³/mol. The van der Waals surface area contributed by atoms with E-state index in [1.54, 1.807) is 6.07 Å². The summed E-state index contributed by atoms with van der Waals surface area (Å²) in [4.78, 5) is 3.89. The summed E-state index contributed by atoms with van der Waals surface area (Å²) in [6.45, 7) is 1.53. The van der Waals surface area contributed by atoms with E-state index in [0.29, 0.717) is 32.0 Å². The predicted octanol–water partition coefficient (Wildman–Crippen LogP) is -0.347. The molecule has 94 valence electrons. The lowest BCUT2D eigenvalue weighted by Gasteiger charge is -2.26. The van der Waals surface area contributed by atoms with E-state index in [1.807, 2.05) is 0 Å². The minimum absolute atomic E-state index is 0.255. The Balaban J connectivity index is 2.08. The minimum Gasteiger partial charge on any atom is -0.397 e. The number of pyridine rings is 1. The van der Waals surface area contributed by atoms with Gasteiger partial charge in [-0.05, 0) is 12.1 Å². The summed E-state index contributed by atoms with van der Waals surface area (Å²) in [6.07, 6.45) is 1.40. The summed E-state index contributed by atoms with van der Waals surface area (Å²) >= 11 is 0. The van der Waals surface area contributed by atoms with Crippen molar-refractivity contribution in [1.82, 2.24) is 9.29 Å². The third kappa shape index (κ3) is 3.05. The summed E-state index contributed by atoms with van der Waals surface area (Å²) in [5.74, 6) is 0.255. The molecule has 1 aliphatic rings. The molecule has 1 aromatic heterocycles. The van der Waals surface area contributed by atoms with Crippen LogP contribution in [0.5, 0.6) is 0 Å². The van der Waals surface area contributed by atoms with Crippen LogP contribution in [-0.4, -0.2) is 44.0 Å². The van der Waals surface area contributed by atoms with Crippen LogP contribution in [0.25, 0.3) is 0 Å². The van der Waals surface area contributed by atoms with Gasteiger partial charge >= 0.3 is 10.2 Å². The Morgan fingerprint density at radius 2 is 2.06 bits per heavy atom. The molecule has 7 nitrogen and oxygen atoms in total. The van der Waals surface area contributed by atoms with Crippen molar-refractivity contribution in [2.24, 2.45) is 0 Å². The van der Waals surface area contributed by atoms with Crippen LogP contribution < -0.4 is 10.5 Å². The van der Waals surface area contributed by atoms with Crippen molar-refractivity contribution in [2.45, 2.75) is 0 Å². The Labute approximate surface area is 99.8 Å². The summed E-state index contributed by atoms with van der Waals surface area (Å²) in [6, 6.07) is 3.11. The van der Waals surface area contributed by atoms with Crippen molar-refractivity contribution in [1.29, 1.82) is 0 Å². The Morgan fingerprint density at radius 3 is 2.65 bits per heavy atom. The fourth-order valence-corrected chi connectivity index (χ4v) is 2.59. The van der Waals surface area contributed by atoms with Crippen LogP contribution in [0, 0.1) is 0 Å². The molecule has 2 heterocycles. The second-order valence-corrected chi connectivity index (χ2v) is 5.27. The monoisotopic (exact) mass is 258 g/mol. The average Bonchev–Trinajstić information content (AvgIpc) is 2.33. The fourth-order valence-electron chi connectivity index (χ4n) is 1.45. The number of morpholine rings is 1. The van der Waals surface area contributed by atoms with Gasteiger partial charge in [-0.15, -0.1) is 0 Å². The van der Waals surface area contributed by atoms with E-state index in [-0.39, 0.29) is 5.82 Å². The third-order valence-corrected chi connectivity index (χ3v) is 3.84. The maximum absolute atomic E-state index is 11.9. The largest absolute Gasteiger partial charge is 0.397 e. The number of ether oxygens (including phenoxy) is 1. The maximum atomic E-state index is 11.9. The van der Waals surface area contributed by atoms with Gasteiger partial charge in [0.2, 0.25) is 0 Å². The van der Waals surface area contributed by atoms with Crippen LogP contribution in [0.1, 0.15) is 0 Å². The molecule has 17 heavy (non-hydrogen) atoms. The first-order valence-electron chi connectivity index (χ1n) is 5.15. The smallest absolute Gasteiger partial charge is 0.302 e. The molecular formula is C9H14N4O3S. The van der Waals surface area contributed by atoms with E-state index in [2.05, 4.69) is 9.71 Å². The van der Waals surface area contributed by atoms with Gasteiger partial charge in [0.05, 0.1) is 25.1 Å². The Hall–Kier alpha value is -1.38. The highest BCUT2D eigenvalue weighted by atomic mass is 32.2. The molecule has 0 radical (unpaired) electrons. The lowest BCUT2D eigenvalue weighted by atomic mass is 10.4. The normalized spacial score (nSPS) is 17.9. The molecule has 0 aromatic carbocycles. The first-order valence-corrected chi connectivity index (χ1v) is 6.59. The minimum atomic E-state index is -3.55. The van der Waals surface area contributed by atoms with Crippen LogP contribution >= 0.6 is 0 Å². The molecule has 0 spiro atoms. The zero-order valence-corrected chi connectivity index (χ0v) is 9.98. The first-order chi connectivity index (χ1) is 8.08. The molecule has 1 fully saturated rings. The van der Waals surface area contributed by atoms with Crippen molar-refractivity contribution in [3.63, 3.8) is 0 Å². The molecular weight excluding hydrogens is 244 g/mol. The van der Waals surface area contributed by atoms with E-state index < -0.39 is 10.2 Å². The third-order valence-electron chi connectivity index (χ3n) is 2.33. The molecule has 1 aromatic rings. The van der Waals surface area contributed by atoms with Crippen LogP contribution in [0.2, 0.25) is 0 Å². The molecule has 0 bridgehead atoms. The molecule has 2 rings (SSSR count). The first kappa shape index (κ1) is 12.1. The number of hydrogen-bond donors (Lipinski definition) is 2. The number of nitrogens with two attached hydrogens (primary N) is 1. The number of hydrogen-bond acceptors (Lipinski definition) is 5. The summed E-state index contributed by atoms with van der Waals surface area (Å²) < 4.78 is 32.7.